The van der Waals surface area contributed by atoms with Crippen molar-refractivity contribution in [1.82, 2.24) is 16.0 Å². The molecule has 33 heavy (non-hydrogen) atoms. The van der Waals surface area contributed by atoms with Crippen molar-refractivity contribution >= 4 is 17.9 Å². The smallest absolute Gasteiger partial charge is 0.407 e. The third-order valence-corrected chi connectivity index (χ3v) is 5.18. The summed E-state index contributed by atoms with van der Waals surface area (Å²) in [7, 11) is 0. The number of nitrogens with one attached hydrogen (secondary N) is 3. The fraction of sp³-hybridized carbons (Fsp3) is 0.731. The van der Waals surface area contributed by atoms with Crippen molar-refractivity contribution < 1.29 is 19.1 Å². The summed E-state index contributed by atoms with van der Waals surface area (Å²) in [6.07, 6.45) is 5.66. The first-order valence-corrected chi connectivity index (χ1v) is 11.8. The Hall–Kier alpha value is -2.31. The zero-order valence-electron chi connectivity index (χ0n) is 22.1. The second kappa shape index (κ2) is 13.4. The molecule has 0 aromatic rings. The van der Waals surface area contributed by atoms with Gasteiger partial charge in [-0.2, -0.15) is 0 Å². The Kier molecular flexibility index (Phi) is 12.5. The van der Waals surface area contributed by atoms with Gasteiger partial charge in [-0.05, 0) is 50.9 Å². The van der Waals surface area contributed by atoms with Gasteiger partial charge in [0.15, 0.2) is 0 Å². The molecule has 0 saturated heterocycles. The zero-order valence-corrected chi connectivity index (χ0v) is 22.1. The molecule has 7 nitrogen and oxygen atoms in total. The van der Waals surface area contributed by atoms with Gasteiger partial charge in [0.1, 0.15) is 5.60 Å². The highest BCUT2D eigenvalue weighted by atomic mass is 16.6. The van der Waals surface area contributed by atoms with Crippen LogP contribution in [0.1, 0.15) is 81.1 Å². The number of amides is 3. The molecule has 0 aromatic carbocycles. The van der Waals surface area contributed by atoms with Gasteiger partial charge < -0.3 is 20.7 Å². The Labute approximate surface area is 201 Å². The van der Waals surface area contributed by atoms with Crippen LogP contribution in [0.5, 0.6) is 0 Å². The molecular weight excluding hydrogens is 418 g/mol. The molecule has 2 atom stereocenters. The quantitative estimate of drug-likeness (QED) is 0.255. The number of rotatable bonds is 14. The summed E-state index contributed by atoms with van der Waals surface area (Å²) < 4.78 is 5.28. The minimum absolute atomic E-state index is 0.0344. The molecule has 0 spiro atoms. The van der Waals surface area contributed by atoms with Gasteiger partial charge in [0.25, 0.3) is 0 Å². The molecule has 2 unspecified atom stereocenters. The zero-order chi connectivity index (χ0) is 25.9. The second-order valence-electron chi connectivity index (χ2n) is 11.4. The third-order valence-electron chi connectivity index (χ3n) is 5.18. The molecule has 3 N–H and O–H groups in total. The Morgan fingerprint density at radius 1 is 0.909 bits per heavy atom. The first-order valence-electron chi connectivity index (χ1n) is 11.8. The Balaban J connectivity index is 4.56. The van der Waals surface area contributed by atoms with E-state index >= 15 is 0 Å². The van der Waals surface area contributed by atoms with Crippen LogP contribution in [0.4, 0.5) is 4.79 Å². The lowest BCUT2D eigenvalue weighted by atomic mass is 9.72. The van der Waals surface area contributed by atoms with Gasteiger partial charge in [0.2, 0.25) is 11.8 Å². The molecule has 3 amide bonds. The Bertz CT molecular complexity index is 678. The van der Waals surface area contributed by atoms with Gasteiger partial charge in [0, 0.05) is 25.6 Å². The summed E-state index contributed by atoms with van der Waals surface area (Å²) in [5.74, 6) is -0.733. The van der Waals surface area contributed by atoms with Crippen LogP contribution in [-0.4, -0.2) is 42.6 Å². The minimum atomic E-state index is -0.623. The number of hydrogen-bond acceptors (Lipinski definition) is 4. The highest BCUT2D eigenvalue weighted by Crippen LogP contribution is 2.38. The molecule has 0 aliphatic heterocycles. The summed E-state index contributed by atoms with van der Waals surface area (Å²) in [6, 6.07) is -0.438. The maximum absolute atomic E-state index is 12.6. The summed E-state index contributed by atoms with van der Waals surface area (Å²) in [5.41, 5.74) is -0.674. The van der Waals surface area contributed by atoms with Crippen LogP contribution in [0.3, 0.4) is 0 Å². The molecule has 0 aliphatic carbocycles. The predicted octanol–water partition coefficient (Wildman–Crippen LogP) is 4.73. The number of ether oxygens (including phenoxy) is 1. The average molecular weight is 466 g/mol. The summed E-state index contributed by atoms with van der Waals surface area (Å²) >= 11 is 0. The van der Waals surface area contributed by atoms with E-state index in [1.54, 1.807) is 33.8 Å². The summed E-state index contributed by atoms with van der Waals surface area (Å²) in [5, 5.41) is 8.46. The van der Waals surface area contributed by atoms with Gasteiger partial charge in [-0.1, -0.05) is 46.8 Å². The maximum Gasteiger partial charge on any atom is 0.407 e. The Morgan fingerprint density at radius 2 is 1.48 bits per heavy atom. The van der Waals surface area contributed by atoms with Crippen molar-refractivity contribution in [3.63, 3.8) is 0 Å². The van der Waals surface area contributed by atoms with Crippen LogP contribution in [0.15, 0.2) is 25.3 Å². The molecule has 0 heterocycles. The maximum atomic E-state index is 12.6. The van der Waals surface area contributed by atoms with Crippen molar-refractivity contribution in [2.45, 2.75) is 92.7 Å². The minimum Gasteiger partial charge on any atom is -0.444 e. The molecule has 0 radical (unpaired) electrons. The lowest BCUT2D eigenvalue weighted by Crippen LogP contribution is -2.48. The van der Waals surface area contributed by atoms with Crippen molar-refractivity contribution in [1.29, 1.82) is 0 Å². The lowest BCUT2D eigenvalue weighted by molar-refractivity contribution is -0.126. The molecular formula is C26H47N3O4. The van der Waals surface area contributed by atoms with Gasteiger partial charge >= 0.3 is 6.09 Å². The lowest BCUT2D eigenvalue weighted by Gasteiger charge is -2.34. The van der Waals surface area contributed by atoms with Crippen molar-refractivity contribution in [2.24, 2.45) is 16.7 Å². The summed E-state index contributed by atoms with van der Waals surface area (Å²) in [6.45, 7) is 23.8. The van der Waals surface area contributed by atoms with Crippen LogP contribution >= 0.6 is 0 Å². The Morgan fingerprint density at radius 3 is 2.00 bits per heavy atom. The SMILES string of the molecule is C=CCC(NC(=O)OC(C)(C)C)C(C)C(=O)NCCNC(=O)CC(C)(C)CC(C)(C)CC=C. The third kappa shape index (κ3) is 14.5. The number of hydrogen-bond donors (Lipinski definition) is 3. The molecule has 0 bridgehead atoms. The molecule has 7 heteroatoms. The van der Waals surface area contributed by atoms with Crippen LogP contribution in [0.2, 0.25) is 0 Å². The molecule has 0 aliphatic rings. The number of allylic oxidation sites excluding steroid dienone is 1. The first-order chi connectivity index (χ1) is 15.0. The van der Waals surface area contributed by atoms with Crippen LogP contribution in [0.25, 0.3) is 0 Å². The van der Waals surface area contributed by atoms with E-state index in [1.807, 2.05) is 6.08 Å². The van der Waals surface area contributed by atoms with Gasteiger partial charge in [-0.15, -0.1) is 13.2 Å². The van der Waals surface area contributed by atoms with Crippen LogP contribution < -0.4 is 16.0 Å². The van der Waals surface area contributed by atoms with Gasteiger partial charge in [0.05, 0.1) is 5.92 Å². The highest BCUT2D eigenvalue weighted by Gasteiger charge is 2.30. The molecule has 0 aromatic heterocycles. The molecule has 0 rings (SSSR count). The summed E-state index contributed by atoms with van der Waals surface area (Å²) in [4.78, 5) is 37.0. The van der Waals surface area contributed by atoms with E-state index in [-0.39, 0.29) is 22.6 Å². The van der Waals surface area contributed by atoms with E-state index in [2.05, 4.69) is 56.8 Å². The first kappa shape index (κ1) is 30.7. The van der Waals surface area contributed by atoms with E-state index in [0.29, 0.717) is 25.9 Å². The van der Waals surface area contributed by atoms with E-state index in [4.69, 9.17) is 4.74 Å². The standard InChI is InChI=1S/C26H47N3O4/c1-11-13-20(29-23(32)33-24(4,5)6)19(3)22(31)28-16-15-27-21(30)17-26(9,10)18-25(7,8)14-12-2/h11-12,19-20H,1-2,13-18H2,3-10H3,(H,27,30)(H,28,31)(H,29,32). The topological polar surface area (TPSA) is 96.5 Å². The van der Waals surface area contributed by atoms with E-state index < -0.39 is 23.7 Å². The number of alkyl carbamates (subject to hydrolysis) is 1. The molecule has 0 saturated carbocycles. The highest BCUT2D eigenvalue weighted by molar-refractivity contribution is 5.80. The van der Waals surface area contributed by atoms with Crippen molar-refractivity contribution in [3.05, 3.63) is 25.3 Å². The normalized spacial score (nSPS) is 13.9. The second-order valence-corrected chi connectivity index (χ2v) is 11.4. The van der Waals surface area contributed by atoms with Crippen molar-refractivity contribution in [2.75, 3.05) is 13.1 Å². The fourth-order valence-electron chi connectivity index (χ4n) is 4.08. The number of carbonyl (C=O) groups excluding carboxylic acids is 3. The van der Waals surface area contributed by atoms with Crippen molar-refractivity contribution in [3.8, 4) is 0 Å². The van der Waals surface area contributed by atoms with Crippen LogP contribution in [0, 0.1) is 16.7 Å². The van der Waals surface area contributed by atoms with E-state index in [0.717, 1.165) is 12.8 Å². The fourth-order valence-corrected chi connectivity index (χ4v) is 4.08. The predicted molar refractivity (Wildman–Crippen MR) is 135 cm³/mol. The van der Waals surface area contributed by atoms with Gasteiger partial charge in [-0.3, -0.25) is 9.59 Å². The average Bonchev–Trinajstić information content (AvgIpc) is 2.60. The monoisotopic (exact) mass is 465 g/mol. The van der Waals surface area contributed by atoms with Gasteiger partial charge in [-0.25, -0.2) is 4.79 Å². The van der Waals surface area contributed by atoms with Crippen LogP contribution in [-0.2, 0) is 14.3 Å². The molecule has 190 valence electrons. The van der Waals surface area contributed by atoms with E-state index in [1.165, 1.54) is 0 Å². The number of carbonyl (C=O) groups is 3. The molecule has 0 fully saturated rings. The van der Waals surface area contributed by atoms with E-state index in [9.17, 15) is 14.4 Å². The largest absolute Gasteiger partial charge is 0.444 e.